The minimum atomic E-state index is -0.959. The number of hydrogen-bond donors (Lipinski definition) is 3. The van der Waals surface area contributed by atoms with E-state index < -0.39 is 23.8 Å². The maximum absolute atomic E-state index is 12.3. The molecule has 1 heterocycles. The third-order valence-corrected chi connectivity index (χ3v) is 4.39. The van der Waals surface area contributed by atoms with Gasteiger partial charge in [-0.2, -0.15) is 0 Å². The lowest BCUT2D eigenvalue weighted by Crippen LogP contribution is -2.43. The van der Waals surface area contributed by atoms with Crippen LogP contribution in [0.3, 0.4) is 0 Å². The number of carbonyl (C=O) groups excluding carboxylic acids is 3. The van der Waals surface area contributed by atoms with Crippen molar-refractivity contribution in [2.45, 2.75) is 19.4 Å². The number of halogens is 1. The van der Waals surface area contributed by atoms with Crippen LogP contribution in [0.5, 0.6) is 0 Å². The van der Waals surface area contributed by atoms with Gasteiger partial charge in [0.15, 0.2) is 0 Å². The van der Waals surface area contributed by atoms with Gasteiger partial charge in [0.2, 0.25) is 11.8 Å². The molecule has 0 bridgehead atoms. The molecule has 1 aliphatic rings. The molecule has 2 aromatic carbocycles. The van der Waals surface area contributed by atoms with Gasteiger partial charge in [-0.25, -0.2) is 0 Å². The average molecular weight is 358 g/mol. The monoisotopic (exact) mass is 357 g/mol. The predicted octanol–water partition coefficient (Wildman–Crippen LogP) is 2.73. The van der Waals surface area contributed by atoms with Gasteiger partial charge in [0.25, 0.3) is 5.91 Å². The molecule has 7 heteroatoms. The third-order valence-electron chi connectivity index (χ3n) is 3.98. The molecule has 1 aliphatic heterocycles. The number of para-hydroxylation sites is 1. The molecule has 3 N–H and O–H groups in total. The zero-order valence-electron chi connectivity index (χ0n) is 13.4. The Labute approximate surface area is 149 Å². The minimum Gasteiger partial charge on any atom is -0.340 e. The minimum absolute atomic E-state index is 0.183. The molecule has 0 aromatic heterocycles. The maximum atomic E-state index is 12.3. The fraction of sp³-hybridized carbons (Fsp3) is 0.167. The molecule has 3 rings (SSSR count). The van der Waals surface area contributed by atoms with Crippen LogP contribution in [0.2, 0.25) is 5.02 Å². The zero-order chi connectivity index (χ0) is 18.0. The largest absolute Gasteiger partial charge is 0.340 e. The van der Waals surface area contributed by atoms with E-state index >= 15 is 0 Å². The van der Waals surface area contributed by atoms with Crippen LogP contribution in [0.1, 0.15) is 22.3 Å². The number of anilines is 2. The number of fused-ring (bicyclic) bond motifs is 1. The summed E-state index contributed by atoms with van der Waals surface area (Å²) >= 11 is 6.03. The first-order valence-electron chi connectivity index (χ1n) is 7.71. The topological polar surface area (TPSA) is 87.3 Å². The summed E-state index contributed by atoms with van der Waals surface area (Å²) in [6, 6.07) is 10.9. The highest BCUT2D eigenvalue weighted by molar-refractivity contribution is 6.31. The van der Waals surface area contributed by atoms with Gasteiger partial charge in [-0.05, 0) is 36.8 Å². The van der Waals surface area contributed by atoms with E-state index in [2.05, 4.69) is 16.0 Å². The van der Waals surface area contributed by atoms with E-state index in [0.717, 1.165) is 5.56 Å². The highest BCUT2D eigenvalue weighted by Crippen LogP contribution is 2.23. The highest BCUT2D eigenvalue weighted by atomic mass is 35.5. The smallest absolute Gasteiger partial charge is 0.254 e. The molecular formula is C18H16ClN3O3. The van der Waals surface area contributed by atoms with E-state index in [9.17, 15) is 14.4 Å². The molecule has 1 atom stereocenters. The van der Waals surface area contributed by atoms with E-state index in [4.69, 9.17) is 11.6 Å². The first-order valence-corrected chi connectivity index (χ1v) is 8.09. The van der Waals surface area contributed by atoms with E-state index in [-0.39, 0.29) is 6.42 Å². The highest BCUT2D eigenvalue weighted by Gasteiger charge is 2.29. The van der Waals surface area contributed by atoms with Crippen molar-refractivity contribution in [3.8, 4) is 0 Å². The molecular weight excluding hydrogens is 342 g/mol. The van der Waals surface area contributed by atoms with Crippen LogP contribution in [0, 0.1) is 6.92 Å². The van der Waals surface area contributed by atoms with Gasteiger partial charge < -0.3 is 16.0 Å². The number of carbonyl (C=O) groups is 3. The molecule has 3 amide bonds. The Kier molecular flexibility index (Phi) is 4.72. The van der Waals surface area contributed by atoms with Crippen LogP contribution in [0.25, 0.3) is 0 Å². The summed E-state index contributed by atoms with van der Waals surface area (Å²) < 4.78 is 0. The summed E-state index contributed by atoms with van der Waals surface area (Å²) in [5.41, 5.74) is 2.10. The van der Waals surface area contributed by atoms with Crippen LogP contribution in [-0.4, -0.2) is 23.8 Å². The fourth-order valence-electron chi connectivity index (χ4n) is 2.58. The van der Waals surface area contributed by atoms with E-state index in [1.807, 2.05) is 0 Å². The lowest BCUT2D eigenvalue weighted by atomic mass is 10.1. The molecule has 0 saturated heterocycles. The normalized spacial score (nSPS) is 16.3. The van der Waals surface area contributed by atoms with Crippen molar-refractivity contribution in [3.63, 3.8) is 0 Å². The fourth-order valence-corrected chi connectivity index (χ4v) is 2.76. The Hall–Kier alpha value is -2.86. The molecule has 0 radical (unpaired) electrons. The summed E-state index contributed by atoms with van der Waals surface area (Å²) in [4.78, 5) is 36.8. The molecule has 0 aliphatic carbocycles. The zero-order valence-corrected chi connectivity index (χ0v) is 14.2. The molecule has 25 heavy (non-hydrogen) atoms. The van der Waals surface area contributed by atoms with Crippen molar-refractivity contribution in [1.82, 2.24) is 5.32 Å². The van der Waals surface area contributed by atoms with Crippen LogP contribution in [-0.2, 0) is 9.59 Å². The summed E-state index contributed by atoms with van der Waals surface area (Å²) in [5.74, 6) is -1.22. The molecule has 0 saturated carbocycles. The third kappa shape index (κ3) is 3.64. The first-order chi connectivity index (χ1) is 12.0. The van der Waals surface area contributed by atoms with Crippen molar-refractivity contribution < 1.29 is 14.4 Å². The Balaban J connectivity index is 1.72. The second-order valence-corrected chi connectivity index (χ2v) is 6.13. The van der Waals surface area contributed by atoms with Gasteiger partial charge in [0, 0.05) is 10.7 Å². The van der Waals surface area contributed by atoms with Gasteiger partial charge >= 0.3 is 0 Å². The van der Waals surface area contributed by atoms with Gasteiger partial charge in [0.05, 0.1) is 17.7 Å². The van der Waals surface area contributed by atoms with Gasteiger partial charge in [-0.15, -0.1) is 0 Å². The quantitative estimate of drug-likeness (QED) is 0.789. The van der Waals surface area contributed by atoms with E-state index in [1.165, 1.54) is 0 Å². The van der Waals surface area contributed by atoms with E-state index in [1.54, 1.807) is 49.4 Å². The van der Waals surface area contributed by atoms with Crippen LogP contribution in [0.15, 0.2) is 42.5 Å². The van der Waals surface area contributed by atoms with Crippen molar-refractivity contribution in [2.24, 2.45) is 0 Å². The number of benzene rings is 2. The van der Waals surface area contributed by atoms with Crippen LogP contribution in [0.4, 0.5) is 11.4 Å². The van der Waals surface area contributed by atoms with Crippen molar-refractivity contribution >= 4 is 40.7 Å². The maximum Gasteiger partial charge on any atom is 0.254 e. The number of rotatable bonds is 3. The molecule has 128 valence electrons. The van der Waals surface area contributed by atoms with E-state index in [0.29, 0.717) is 22.0 Å². The molecule has 2 aromatic rings. The number of nitrogens with one attached hydrogen (secondary N) is 3. The van der Waals surface area contributed by atoms with Crippen LogP contribution < -0.4 is 16.0 Å². The number of amides is 3. The SMILES string of the molecule is Cc1c(Cl)cccc1NC(=O)C[C@H]1NC(=O)c2ccccc2NC1=O. The lowest BCUT2D eigenvalue weighted by molar-refractivity contribution is -0.122. The second-order valence-electron chi connectivity index (χ2n) is 5.73. The lowest BCUT2D eigenvalue weighted by Gasteiger charge is -2.15. The number of hydrogen-bond acceptors (Lipinski definition) is 3. The molecule has 0 spiro atoms. The predicted molar refractivity (Wildman–Crippen MR) is 95.8 cm³/mol. The summed E-state index contributed by atoms with van der Waals surface area (Å²) in [5, 5.41) is 8.52. The molecule has 0 unspecified atom stereocenters. The van der Waals surface area contributed by atoms with Crippen molar-refractivity contribution in [3.05, 3.63) is 58.6 Å². The summed E-state index contributed by atoms with van der Waals surface area (Å²) in [7, 11) is 0. The Morgan fingerprint density at radius 3 is 2.72 bits per heavy atom. The Morgan fingerprint density at radius 2 is 1.92 bits per heavy atom. The standard InChI is InChI=1S/C18H16ClN3O3/c1-10-12(19)6-4-8-13(10)20-16(23)9-15-18(25)21-14-7-3-2-5-11(14)17(24)22-15/h2-8,15H,9H2,1H3,(H,20,23)(H,21,25)(H,22,24)/t15-/m1/s1. The molecule has 6 nitrogen and oxygen atoms in total. The van der Waals surface area contributed by atoms with Crippen molar-refractivity contribution in [1.29, 1.82) is 0 Å². The van der Waals surface area contributed by atoms with Crippen molar-refractivity contribution in [2.75, 3.05) is 10.6 Å². The van der Waals surface area contributed by atoms with Crippen LogP contribution >= 0.6 is 11.6 Å². The Morgan fingerprint density at radius 1 is 1.16 bits per heavy atom. The Bertz CT molecular complexity index is 866. The van der Waals surface area contributed by atoms with Gasteiger partial charge in [-0.3, -0.25) is 14.4 Å². The summed E-state index contributed by atoms with van der Waals surface area (Å²) in [6.45, 7) is 1.79. The first kappa shape index (κ1) is 17.0. The second kappa shape index (κ2) is 6.94. The van der Waals surface area contributed by atoms with Gasteiger partial charge in [0.1, 0.15) is 6.04 Å². The summed E-state index contributed by atoms with van der Waals surface area (Å²) in [6.07, 6.45) is -0.183. The van der Waals surface area contributed by atoms with Gasteiger partial charge in [-0.1, -0.05) is 29.8 Å². The average Bonchev–Trinajstić information content (AvgIpc) is 2.69. The molecule has 0 fully saturated rings.